The molecule has 0 aliphatic rings. The van der Waals surface area contributed by atoms with E-state index in [0.717, 1.165) is 63.7 Å². The number of ether oxygens (including phenoxy) is 3. The summed E-state index contributed by atoms with van der Waals surface area (Å²) in [6.07, 6.45) is 43.9. The Hall–Kier alpha value is -1.59. The van der Waals surface area contributed by atoms with E-state index in [1.54, 1.807) is 0 Å². The van der Waals surface area contributed by atoms with Crippen molar-refractivity contribution in [3.8, 4) is 0 Å². The Morgan fingerprint density at radius 2 is 0.600 bits per heavy atom. The summed E-state index contributed by atoms with van der Waals surface area (Å²) in [6, 6.07) is 0. The molecule has 6 nitrogen and oxygen atoms in total. The van der Waals surface area contributed by atoms with Crippen LogP contribution in [0.15, 0.2) is 0 Å². The minimum Gasteiger partial charge on any atom is -0.462 e. The van der Waals surface area contributed by atoms with Crippen LogP contribution in [0.4, 0.5) is 0 Å². The molecule has 0 radical (unpaired) electrons. The Bertz CT molecular complexity index is 826. The van der Waals surface area contributed by atoms with Crippen molar-refractivity contribution in [1.29, 1.82) is 0 Å². The molecule has 326 valence electrons. The smallest absolute Gasteiger partial charge is 0.306 e. The maximum Gasteiger partial charge on any atom is 0.306 e. The molecular weight excluding hydrogens is 685 g/mol. The number of hydrogen-bond donors (Lipinski definition) is 0. The van der Waals surface area contributed by atoms with Crippen molar-refractivity contribution in [3.05, 3.63) is 0 Å². The van der Waals surface area contributed by atoms with Gasteiger partial charge in [0.15, 0.2) is 6.10 Å². The van der Waals surface area contributed by atoms with Gasteiger partial charge in [-0.25, -0.2) is 0 Å². The van der Waals surface area contributed by atoms with Crippen LogP contribution in [0, 0.1) is 5.92 Å². The topological polar surface area (TPSA) is 78.9 Å². The highest BCUT2D eigenvalue weighted by Gasteiger charge is 2.19. The zero-order valence-electron chi connectivity index (χ0n) is 37.4. The van der Waals surface area contributed by atoms with Crippen LogP contribution in [-0.2, 0) is 28.6 Å². The second-order valence-electron chi connectivity index (χ2n) is 17.2. The number of carbonyl (C=O) groups is 3. The minimum absolute atomic E-state index is 0.0644. The fourth-order valence-electron chi connectivity index (χ4n) is 7.33. The third-order valence-corrected chi connectivity index (χ3v) is 11.0. The Kier molecular flexibility index (Phi) is 42.3. The van der Waals surface area contributed by atoms with Gasteiger partial charge in [0.1, 0.15) is 13.2 Å². The van der Waals surface area contributed by atoms with Gasteiger partial charge in [0.2, 0.25) is 0 Å². The summed E-state index contributed by atoms with van der Waals surface area (Å²) in [5, 5.41) is 0. The van der Waals surface area contributed by atoms with Crippen LogP contribution in [-0.4, -0.2) is 37.2 Å². The third kappa shape index (κ3) is 43.4. The van der Waals surface area contributed by atoms with Gasteiger partial charge >= 0.3 is 17.9 Å². The van der Waals surface area contributed by atoms with Crippen molar-refractivity contribution in [3.63, 3.8) is 0 Å². The Morgan fingerprint density at radius 3 is 0.891 bits per heavy atom. The fourth-order valence-corrected chi connectivity index (χ4v) is 7.33. The van der Waals surface area contributed by atoms with E-state index in [9.17, 15) is 14.4 Å². The molecule has 0 bridgehead atoms. The SMILES string of the molecule is CCCCCCCCCCCCCCCCCCCC(=O)OC[C@@H](COC(=O)CCCCCCCCCCCCC)OC(=O)CCCCCCCCC(C)C. The summed E-state index contributed by atoms with van der Waals surface area (Å²) in [5.74, 6) is -0.0964. The van der Waals surface area contributed by atoms with E-state index in [4.69, 9.17) is 14.2 Å². The number of unbranched alkanes of at least 4 members (excludes halogenated alkanes) is 31. The fraction of sp³-hybridized carbons (Fsp3) is 0.939. The molecule has 0 fully saturated rings. The van der Waals surface area contributed by atoms with Gasteiger partial charge in [-0.3, -0.25) is 14.4 Å². The molecule has 0 aliphatic heterocycles. The molecule has 0 spiro atoms. The zero-order chi connectivity index (χ0) is 40.3. The molecule has 0 aromatic heterocycles. The standard InChI is InChI=1S/C49H94O6/c1-5-7-9-11-13-15-17-18-19-20-21-22-24-26-28-33-37-41-48(51)54-44-46(55-49(52)42-38-34-30-29-31-35-39-45(3)4)43-53-47(50)40-36-32-27-25-23-16-14-12-10-8-6-2/h45-46H,5-44H2,1-4H3/t46-/m1/s1. The van der Waals surface area contributed by atoms with Gasteiger partial charge in [-0.1, -0.05) is 233 Å². The first-order valence-electron chi connectivity index (χ1n) is 24.4. The summed E-state index contributed by atoms with van der Waals surface area (Å²) in [4.78, 5) is 37.7. The maximum absolute atomic E-state index is 12.7. The highest BCUT2D eigenvalue weighted by atomic mass is 16.6. The van der Waals surface area contributed by atoms with Gasteiger partial charge in [-0.05, 0) is 25.2 Å². The van der Waals surface area contributed by atoms with Gasteiger partial charge in [0.05, 0.1) is 0 Å². The molecule has 55 heavy (non-hydrogen) atoms. The van der Waals surface area contributed by atoms with E-state index in [-0.39, 0.29) is 31.1 Å². The normalized spacial score (nSPS) is 11.9. The van der Waals surface area contributed by atoms with Crippen LogP contribution in [0.3, 0.4) is 0 Å². The molecular formula is C49H94O6. The van der Waals surface area contributed by atoms with Gasteiger partial charge < -0.3 is 14.2 Å². The van der Waals surface area contributed by atoms with Crippen molar-refractivity contribution in [1.82, 2.24) is 0 Å². The second kappa shape index (κ2) is 43.5. The molecule has 0 unspecified atom stereocenters. The molecule has 0 N–H and O–H groups in total. The van der Waals surface area contributed by atoms with Crippen molar-refractivity contribution < 1.29 is 28.6 Å². The maximum atomic E-state index is 12.7. The zero-order valence-corrected chi connectivity index (χ0v) is 37.4. The number of hydrogen-bond acceptors (Lipinski definition) is 6. The van der Waals surface area contributed by atoms with Crippen LogP contribution >= 0.6 is 0 Å². The molecule has 6 heteroatoms. The van der Waals surface area contributed by atoms with E-state index in [1.165, 1.54) is 167 Å². The van der Waals surface area contributed by atoms with E-state index < -0.39 is 6.10 Å². The molecule has 0 aromatic rings. The predicted octanol–water partition coefficient (Wildman–Crippen LogP) is 15.5. The predicted molar refractivity (Wildman–Crippen MR) is 233 cm³/mol. The van der Waals surface area contributed by atoms with Crippen LogP contribution in [0.1, 0.15) is 272 Å². The number of esters is 3. The van der Waals surface area contributed by atoms with Crippen molar-refractivity contribution in [2.75, 3.05) is 13.2 Å². The summed E-state index contributed by atoms with van der Waals surface area (Å²) in [6.45, 7) is 8.94. The van der Waals surface area contributed by atoms with Gasteiger partial charge in [-0.2, -0.15) is 0 Å². The molecule has 0 aromatic carbocycles. The second-order valence-corrected chi connectivity index (χ2v) is 17.2. The van der Waals surface area contributed by atoms with Crippen LogP contribution in [0.5, 0.6) is 0 Å². The highest BCUT2D eigenvalue weighted by molar-refractivity contribution is 5.71. The summed E-state index contributed by atoms with van der Waals surface area (Å²) < 4.78 is 16.7. The lowest BCUT2D eigenvalue weighted by atomic mass is 10.0. The van der Waals surface area contributed by atoms with Gasteiger partial charge in [-0.15, -0.1) is 0 Å². The van der Waals surface area contributed by atoms with Crippen molar-refractivity contribution in [2.45, 2.75) is 278 Å². The lowest BCUT2D eigenvalue weighted by molar-refractivity contribution is -0.167. The van der Waals surface area contributed by atoms with Crippen LogP contribution in [0.25, 0.3) is 0 Å². The van der Waals surface area contributed by atoms with Crippen molar-refractivity contribution >= 4 is 17.9 Å². The summed E-state index contributed by atoms with van der Waals surface area (Å²) in [5.41, 5.74) is 0. The molecule has 0 aliphatic carbocycles. The number of carbonyl (C=O) groups excluding carboxylic acids is 3. The average Bonchev–Trinajstić information content (AvgIpc) is 3.17. The van der Waals surface area contributed by atoms with E-state index in [1.807, 2.05) is 0 Å². The Balaban J connectivity index is 4.23. The van der Waals surface area contributed by atoms with Crippen LogP contribution in [0.2, 0.25) is 0 Å². The average molecular weight is 779 g/mol. The number of rotatable bonds is 44. The molecule has 0 rings (SSSR count). The van der Waals surface area contributed by atoms with Gasteiger partial charge in [0, 0.05) is 19.3 Å². The quantitative estimate of drug-likeness (QED) is 0.0348. The first kappa shape index (κ1) is 53.4. The minimum atomic E-state index is -0.760. The molecule has 1 atom stereocenters. The molecule has 0 saturated carbocycles. The van der Waals surface area contributed by atoms with E-state index in [2.05, 4.69) is 27.7 Å². The first-order chi connectivity index (χ1) is 26.9. The van der Waals surface area contributed by atoms with Crippen LogP contribution < -0.4 is 0 Å². The van der Waals surface area contributed by atoms with Gasteiger partial charge in [0.25, 0.3) is 0 Å². The highest BCUT2D eigenvalue weighted by Crippen LogP contribution is 2.16. The Labute approximate surface area is 342 Å². The Morgan fingerprint density at radius 1 is 0.345 bits per heavy atom. The largest absolute Gasteiger partial charge is 0.462 e. The van der Waals surface area contributed by atoms with E-state index in [0.29, 0.717) is 19.3 Å². The first-order valence-corrected chi connectivity index (χ1v) is 24.4. The lowest BCUT2D eigenvalue weighted by Gasteiger charge is -2.18. The van der Waals surface area contributed by atoms with E-state index >= 15 is 0 Å². The summed E-state index contributed by atoms with van der Waals surface area (Å²) >= 11 is 0. The molecule has 0 amide bonds. The third-order valence-electron chi connectivity index (χ3n) is 11.0. The lowest BCUT2D eigenvalue weighted by Crippen LogP contribution is -2.30. The van der Waals surface area contributed by atoms with Crippen molar-refractivity contribution in [2.24, 2.45) is 5.92 Å². The molecule has 0 heterocycles. The monoisotopic (exact) mass is 779 g/mol. The summed E-state index contributed by atoms with van der Waals surface area (Å²) in [7, 11) is 0. The molecule has 0 saturated heterocycles.